The first-order valence-corrected chi connectivity index (χ1v) is 8.53. The number of nitrogens with one attached hydrogen (secondary N) is 2. The van der Waals surface area contributed by atoms with Crippen molar-refractivity contribution in [1.82, 2.24) is 15.5 Å². The lowest BCUT2D eigenvalue weighted by Crippen LogP contribution is -2.39. The molecule has 0 aliphatic rings. The minimum atomic E-state index is 0.863. The summed E-state index contributed by atoms with van der Waals surface area (Å²) in [6.45, 7) is 9.58. The number of benzene rings is 1. The predicted octanol–water partition coefficient (Wildman–Crippen LogP) is 2.13. The van der Waals surface area contributed by atoms with Crippen LogP contribution in [-0.4, -0.2) is 57.7 Å². The fourth-order valence-electron chi connectivity index (χ4n) is 2.39. The zero-order valence-electron chi connectivity index (χ0n) is 15.1. The van der Waals surface area contributed by atoms with Gasteiger partial charge in [0.25, 0.3) is 0 Å². The van der Waals surface area contributed by atoms with E-state index < -0.39 is 0 Å². The van der Waals surface area contributed by atoms with Crippen molar-refractivity contribution in [3.8, 4) is 5.75 Å². The molecule has 0 saturated heterocycles. The van der Waals surface area contributed by atoms with E-state index in [1.54, 1.807) is 7.11 Å². The van der Waals surface area contributed by atoms with Crippen molar-refractivity contribution in [2.24, 2.45) is 4.99 Å². The number of nitrogens with zero attached hydrogens (tertiary/aromatic N) is 2. The van der Waals surface area contributed by atoms with Gasteiger partial charge in [-0.25, -0.2) is 0 Å². The monoisotopic (exact) mass is 320 g/mol. The van der Waals surface area contributed by atoms with Crippen molar-refractivity contribution in [3.63, 3.8) is 0 Å². The normalized spacial score (nSPS) is 11.6. The first-order chi connectivity index (χ1) is 11.2. The number of methoxy groups -OCH3 is 1. The van der Waals surface area contributed by atoms with E-state index >= 15 is 0 Å². The van der Waals surface area contributed by atoms with E-state index in [-0.39, 0.29) is 0 Å². The van der Waals surface area contributed by atoms with Crippen molar-refractivity contribution in [2.45, 2.75) is 26.7 Å². The van der Waals surface area contributed by atoms with Crippen LogP contribution < -0.4 is 15.4 Å². The second-order valence-corrected chi connectivity index (χ2v) is 5.40. The SMILES string of the molecule is CCN(CC)CCCNC(=NC)NCCc1ccc(OC)cc1. The van der Waals surface area contributed by atoms with Crippen molar-refractivity contribution in [3.05, 3.63) is 29.8 Å². The van der Waals surface area contributed by atoms with Gasteiger partial charge < -0.3 is 20.3 Å². The van der Waals surface area contributed by atoms with Gasteiger partial charge in [0.1, 0.15) is 5.75 Å². The summed E-state index contributed by atoms with van der Waals surface area (Å²) in [7, 11) is 3.50. The molecule has 0 aromatic heterocycles. The summed E-state index contributed by atoms with van der Waals surface area (Å²) in [5.74, 6) is 1.77. The second kappa shape index (κ2) is 11.8. The Hall–Kier alpha value is -1.75. The molecule has 0 bridgehead atoms. The highest BCUT2D eigenvalue weighted by Crippen LogP contribution is 2.11. The number of hydrogen-bond acceptors (Lipinski definition) is 3. The molecule has 0 fully saturated rings. The second-order valence-electron chi connectivity index (χ2n) is 5.40. The summed E-state index contributed by atoms with van der Waals surface area (Å²) < 4.78 is 5.17. The molecule has 23 heavy (non-hydrogen) atoms. The molecule has 0 unspecified atom stereocenters. The Morgan fingerprint density at radius 1 is 1.09 bits per heavy atom. The third-order valence-electron chi connectivity index (χ3n) is 3.93. The maximum absolute atomic E-state index is 5.17. The van der Waals surface area contributed by atoms with Gasteiger partial charge in [0, 0.05) is 20.1 Å². The Morgan fingerprint density at radius 3 is 2.30 bits per heavy atom. The van der Waals surface area contributed by atoms with Crippen LogP contribution in [-0.2, 0) is 6.42 Å². The summed E-state index contributed by atoms with van der Waals surface area (Å²) in [5, 5.41) is 6.73. The third-order valence-corrected chi connectivity index (χ3v) is 3.93. The van der Waals surface area contributed by atoms with Crippen LogP contribution in [0.1, 0.15) is 25.8 Å². The summed E-state index contributed by atoms with van der Waals surface area (Å²) in [6.07, 6.45) is 2.09. The fourth-order valence-corrected chi connectivity index (χ4v) is 2.39. The van der Waals surface area contributed by atoms with E-state index in [9.17, 15) is 0 Å². The van der Waals surface area contributed by atoms with Crippen molar-refractivity contribution in [2.75, 3.05) is 46.9 Å². The molecule has 0 amide bonds. The van der Waals surface area contributed by atoms with E-state index in [0.717, 1.165) is 57.3 Å². The van der Waals surface area contributed by atoms with Crippen LogP contribution in [0, 0.1) is 0 Å². The zero-order valence-corrected chi connectivity index (χ0v) is 15.1. The molecule has 5 heteroatoms. The Bertz CT molecular complexity index is 441. The first kappa shape index (κ1) is 19.3. The Balaban J connectivity index is 2.20. The number of hydrogen-bond donors (Lipinski definition) is 2. The van der Waals surface area contributed by atoms with E-state index in [0.29, 0.717) is 0 Å². The Morgan fingerprint density at radius 2 is 1.74 bits per heavy atom. The lowest BCUT2D eigenvalue weighted by atomic mass is 10.1. The minimum Gasteiger partial charge on any atom is -0.497 e. The standard InChI is InChI=1S/C18H32N4O/c1-5-22(6-2)15-7-13-20-18(19-3)21-14-12-16-8-10-17(23-4)11-9-16/h8-11H,5-7,12-15H2,1-4H3,(H2,19,20,21). The van der Waals surface area contributed by atoms with Gasteiger partial charge in [-0.2, -0.15) is 0 Å². The van der Waals surface area contributed by atoms with E-state index in [2.05, 4.69) is 46.5 Å². The van der Waals surface area contributed by atoms with Gasteiger partial charge in [0.05, 0.1) is 7.11 Å². The van der Waals surface area contributed by atoms with Crippen molar-refractivity contribution >= 4 is 5.96 Å². The molecule has 130 valence electrons. The quantitative estimate of drug-likeness (QED) is 0.394. The highest BCUT2D eigenvalue weighted by atomic mass is 16.5. The van der Waals surface area contributed by atoms with Crippen LogP contribution in [0.15, 0.2) is 29.3 Å². The van der Waals surface area contributed by atoms with Crippen LogP contribution in [0.2, 0.25) is 0 Å². The average Bonchev–Trinajstić information content (AvgIpc) is 2.60. The van der Waals surface area contributed by atoms with Crippen molar-refractivity contribution in [1.29, 1.82) is 0 Å². The molecule has 0 radical (unpaired) electrons. The van der Waals surface area contributed by atoms with Crippen molar-refractivity contribution < 1.29 is 4.74 Å². The lowest BCUT2D eigenvalue weighted by molar-refractivity contribution is 0.300. The highest BCUT2D eigenvalue weighted by molar-refractivity contribution is 5.79. The number of aliphatic imine (C=N–C) groups is 1. The lowest BCUT2D eigenvalue weighted by Gasteiger charge is -2.18. The molecule has 1 rings (SSSR count). The van der Waals surface area contributed by atoms with Crippen LogP contribution in [0.25, 0.3) is 0 Å². The van der Waals surface area contributed by atoms with E-state index in [1.165, 1.54) is 5.56 Å². The van der Waals surface area contributed by atoms with Crippen LogP contribution in [0.5, 0.6) is 5.75 Å². The van der Waals surface area contributed by atoms with Gasteiger partial charge in [-0.3, -0.25) is 4.99 Å². The first-order valence-electron chi connectivity index (χ1n) is 8.53. The summed E-state index contributed by atoms with van der Waals surface area (Å²) in [6, 6.07) is 8.19. The predicted molar refractivity (Wildman–Crippen MR) is 98.5 cm³/mol. The highest BCUT2D eigenvalue weighted by Gasteiger charge is 2.00. The Kier molecular flexibility index (Phi) is 9.87. The number of rotatable bonds is 10. The maximum Gasteiger partial charge on any atom is 0.190 e. The van der Waals surface area contributed by atoms with E-state index in [4.69, 9.17) is 4.74 Å². The maximum atomic E-state index is 5.17. The average molecular weight is 320 g/mol. The molecule has 1 aromatic rings. The molecular weight excluding hydrogens is 288 g/mol. The van der Waals surface area contributed by atoms with Gasteiger partial charge >= 0.3 is 0 Å². The third kappa shape index (κ3) is 7.88. The minimum absolute atomic E-state index is 0.863. The van der Waals surface area contributed by atoms with Gasteiger partial charge in [-0.05, 0) is 50.2 Å². The molecule has 0 heterocycles. The molecule has 0 spiro atoms. The largest absolute Gasteiger partial charge is 0.497 e. The number of guanidine groups is 1. The zero-order chi connectivity index (χ0) is 16.9. The summed E-state index contributed by atoms with van der Waals surface area (Å²) >= 11 is 0. The van der Waals surface area contributed by atoms with E-state index in [1.807, 2.05) is 19.2 Å². The molecule has 0 aliphatic heterocycles. The molecule has 0 aliphatic carbocycles. The van der Waals surface area contributed by atoms with Crippen LogP contribution in [0.3, 0.4) is 0 Å². The van der Waals surface area contributed by atoms with Gasteiger partial charge in [0.15, 0.2) is 5.96 Å². The molecule has 5 nitrogen and oxygen atoms in total. The fraction of sp³-hybridized carbons (Fsp3) is 0.611. The summed E-state index contributed by atoms with van der Waals surface area (Å²) in [4.78, 5) is 6.70. The molecule has 2 N–H and O–H groups in total. The molecular formula is C18H32N4O. The van der Waals surface area contributed by atoms with Gasteiger partial charge in [-0.1, -0.05) is 26.0 Å². The molecule has 0 atom stereocenters. The summed E-state index contributed by atoms with van der Waals surface area (Å²) in [5.41, 5.74) is 1.29. The van der Waals surface area contributed by atoms with Crippen LogP contribution in [0.4, 0.5) is 0 Å². The molecule has 1 aromatic carbocycles. The van der Waals surface area contributed by atoms with Gasteiger partial charge in [-0.15, -0.1) is 0 Å². The van der Waals surface area contributed by atoms with Gasteiger partial charge in [0.2, 0.25) is 0 Å². The topological polar surface area (TPSA) is 48.9 Å². The van der Waals surface area contributed by atoms with Crippen LogP contribution >= 0.6 is 0 Å². The Labute approximate surface area is 141 Å². The molecule has 0 saturated carbocycles. The number of ether oxygens (including phenoxy) is 1. The smallest absolute Gasteiger partial charge is 0.190 e.